The summed E-state index contributed by atoms with van der Waals surface area (Å²) < 4.78 is 6.64. The number of hydrogen-bond donors (Lipinski definition) is 1. The summed E-state index contributed by atoms with van der Waals surface area (Å²) in [5, 5.41) is 9.14. The molecule has 0 bridgehead atoms. The van der Waals surface area contributed by atoms with Crippen LogP contribution in [-0.2, 0) is 6.61 Å². The molecule has 0 saturated carbocycles. The van der Waals surface area contributed by atoms with E-state index in [9.17, 15) is 4.79 Å². The summed E-state index contributed by atoms with van der Waals surface area (Å²) in [6.07, 6.45) is 0. The number of carboxylic acids is 1. The summed E-state index contributed by atoms with van der Waals surface area (Å²) in [6.45, 7) is 2.17. The molecule has 19 heavy (non-hydrogen) atoms. The first-order valence-electron chi connectivity index (χ1n) is 5.78. The van der Waals surface area contributed by atoms with Gasteiger partial charge in [0.2, 0.25) is 0 Å². The second-order valence-corrected chi connectivity index (χ2v) is 5.09. The molecule has 0 unspecified atom stereocenters. The molecule has 2 aromatic carbocycles. The molecule has 0 aliphatic carbocycles. The lowest BCUT2D eigenvalue weighted by atomic mass is 10.1. The zero-order chi connectivity index (χ0) is 13.8. The molecule has 0 atom stereocenters. The smallest absolute Gasteiger partial charge is 0.339 e. The Morgan fingerprint density at radius 1 is 1.26 bits per heavy atom. The highest BCUT2D eigenvalue weighted by Crippen LogP contribution is 2.24. The molecule has 0 amide bonds. The number of halogens is 1. The molecular weight excluding hydrogens is 308 g/mol. The topological polar surface area (TPSA) is 46.5 Å². The van der Waals surface area contributed by atoms with Crippen molar-refractivity contribution in [1.29, 1.82) is 0 Å². The van der Waals surface area contributed by atoms with Crippen LogP contribution in [0.1, 0.15) is 21.5 Å². The highest BCUT2D eigenvalue weighted by Gasteiger charge is 2.13. The summed E-state index contributed by atoms with van der Waals surface area (Å²) in [6, 6.07) is 12.8. The Morgan fingerprint density at radius 3 is 2.68 bits per heavy atom. The predicted octanol–water partition coefficient (Wildman–Crippen LogP) is 4.03. The van der Waals surface area contributed by atoms with Crippen molar-refractivity contribution in [2.75, 3.05) is 0 Å². The van der Waals surface area contributed by atoms with Gasteiger partial charge in [0.15, 0.2) is 0 Å². The minimum Gasteiger partial charge on any atom is -0.488 e. The Morgan fingerprint density at radius 2 is 2.00 bits per heavy atom. The maximum Gasteiger partial charge on any atom is 0.339 e. The lowest BCUT2D eigenvalue weighted by Gasteiger charge is -2.12. The molecule has 0 spiro atoms. The van der Waals surface area contributed by atoms with Crippen LogP contribution in [0, 0.1) is 6.92 Å². The standard InChI is InChI=1S/C15H13BrO3/c1-10-4-2-7-13(15(17)18)14(10)19-9-11-5-3-6-12(16)8-11/h2-8H,9H2,1H3,(H,17,18). The van der Waals surface area contributed by atoms with Crippen LogP contribution in [-0.4, -0.2) is 11.1 Å². The number of aryl methyl sites for hydroxylation is 1. The molecule has 2 aromatic rings. The molecule has 98 valence electrons. The Kier molecular flexibility index (Phi) is 4.22. The van der Waals surface area contributed by atoms with E-state index in [1.807, 2.05) is 37.3 Å². The van der Waals surface area contributed by atoms with Crippen LogP contribution in [0.2, 0.25) is 0 Å². The number of carboxylic acid groups (broad SMARTS) is 1. The zero-order valence-corrected chi connectivity index (χ0v) is 12.0. The molecule has 4 heteroatoms. The van der Waals surface area contributed by atoms with Crippen LogP contribution in [0.5, 0.6) is 5.75 Å². The van der Waals surface area contributed by atoms with E-state index >= 15 is 0 Å². The maximum absolute atomic E-state index is 11.2. The summed E-state index contributed by atoms with van der Waals surface area (Å²) in [7, 11) is 0. The average Bonchev–Trinajstić information content (AvgIpc) is 2.37. The Hall–Kier alpha value is -1.81. The van der Waals surface area contributed by atoms with E-state index < -0.39 is 5.97 Å². The van der Waals surface area contributed by atoms with Crippen molar-refractivity contribution in [1.82, 2.24) is 0 Å². The quantitative estimate of drug-likeness (QED) is 0.924. The monoisotopic (exact) mass is 320 g/mol. The summed E-state index contributed by atoms with van der Waals surface area (Å²) in [4.78, 5) is 11.2. The minimum absolute atomic E-state index is 0.190. The number of para-hydroxylation sites is 1. The van der Waals surface area contributed by atoms with Crippen molar-refractivity contribution in [3.63, 3.8) is 0 Å². The number of ether oxygens (including phenoxy) is 1. The summed E-state index contributed by atoms with van der Waals surface area (Å²) in [5.41, 5.74) is 1.99. The third kappa shape index (κ3) is 3.35. The van der Waals surface area contributed by atoms with Crippen molar-refractivity contribution >= 4 is 21.9 Å². The van der Waals surface area contributed by atoms with E-state index in [1.54, 1.807) is 12.1 Å². The fourth-order valence-corrected chi connectivity index (χ4v) is 2.24. The molecule has 3 nitrogen and oxygen atoms in total. The minimum atomic E-state index is -0.979. The van der Waals surface area contributed by atoms with Gasteiger partial charge in [0.1, 0.15) is 17.9 Å². The second-order valence-electron chi connectivity index (χ2n) is 4.18. The van der Waals surface area contributed by atoms with E-state index in [1.165, 1.54) is 0 Å². The van der Waals surface area contributed by atoms with Crippen molar-refractivity contribution in [3.05, 3.63) is 63.6 Å². The SMILES string of the molecule is Cc1cccc(C(=O)O)c1OCc1cccc(Br)c1. The van der Waals surface area contributed by atoms with Crippen LogP contribution in [0.4, 0.5) is 0 Å². The molecule has 0 aromatic heterocycles. The number of hydrogen-bond acceptors (Lipinski definition) is 2. The molecule has 0 radical (unpaired) electrons. The number of carbonyl (C=O) groups is 1. The Labute approximate surface area is 120 Å². The number of benzene rings is 2. The van der Waals surface area contributed by atoms with Gasteiger partial charge in [-0.25, -0.2) is 4.79 Å². The van der Waals surface area contributed by atoms with Gasteiger partial charge in [0, 0.05) is 4.47 Å². The Bertz CT molecular complexity index is 608. The first kappa shape index (κ1) is 13.6. The van der Waals surface area contributed by atoms with Gasteiger partial charge in [-0.15, -0.1) is 0 Å². The van der Waals surface area contributed by atoms with Gasteiger partial charge in [-0.2, -0.15) is 0 Å². The van der Waals surface area contributed by atoms with Gasteiger partial charge in [0.25, 0.3) is 0 Å². The third-order valence-electron chi connectivity index (χ3n) is 2.71. The highest BCUT2D eigenvalue weighted by molar-refractivity contribution is 9.10. The van der Waals surface area contributed by atoms with Gasteiger partial charge in [-0.3, -0.25) is 0 Å². The van der Waals surface area contributed by atoms with Crippen LogP contribution in [0.3, 0.4) is 0 Å². The van der Waals surface area contributed by atoms with Crippen LogP contribution in [0.25, 0.3) is 0 Å². The van der Waals surface area contributed by atoms with Crippen molar-refractivity contribution in [3.8, 4) is 5.75 Å². The van der Waals surface area contributed by atoms with Crippen LogP contribution >= 0.6 is 15.9 Å². The van der Waals surface area contributed by atoms with Crippen LogP contribution < -0.4 is 4.74 Å². The van der Waals surface area contributed by atoms with Gasteiger partial charge in [-0.05, 0) is 36.2 Å². The molecule has 1 N–H and O–H groups in total. The predicted molar refractivity (Wildman–Crippen MR) is 76.6 cm³/mol. The summed E-state index contributed by atoms with van der Waals surface area (Å²) in [5.74, 6) is -0.553. The molecule has 0 fully saturated rings. The molecule has 0 aliphatic heterocycles. The maximum atomic E-state index is 11.2. The second kappa shape index (κ2) is 5.89. The van der Waals surface area contributed by atoms with Crippen molar-refractivity contribution in [2.45, 2.75) is 13.5 Å². The first-order valence-corrected chi connectivity index (χ1v) is 6.57. The number of rotatable bonds is 4. The number of aromatic carboxylic acids is 1. The molecule has 0 heterocycles. The van der Waals surface area contributed by atoms with Gasteiger partial charge in [0.05, 0.1) is 0 Å². The fraction of sp³-hybridized carbons (Fsp3) is 0.133. The zero-order valence-electron chi connectivity index (χ0n) is 10.4. The normalized spacial score (nSPS) is 10.2. The Balaban J connectivity index is 2.22. The van der Waals surface area contributed by atoms with Gasteiger partial charge >= 0.3 is 5.97 Å². The lowest BCUT2D eigenvalue weighted by Crippen LogP contribution is -2.04. The molecule has 0 saturated heterocycles. The molecule has 2 rings (SSSR count). The largest absolute Gasteiger partial charge is 0.488 e. The molecule has 0 aliphatic rings. The van der Waals surface area contributed by atoms with E-state index in [0.29, 0.717) is 12.4 Å². The van der Waals surface area contributed by atoms with Gasteiger partial charge in [-0.1, -0.05) is 40.2 Å². The van der Waals surface area contributed by atoms with Gasteiger partial charge < -0.3 is 9.84 Å². The molecular formula is C15H13BrO3. The lowest BCUT2D eigenvalue weighted by molar-refractivity contribution is 0.0691. The van der Waals surface area contributed by atoms with E-state index in [-0.39, 0.29) is 5.56 Å². The van der Waals surface area contributed by atoms with Crippen molar-refractivity contribution < 1.29 is 14.6 Å². The first-order chi connectivity index (χ1) is 9.08. The van der Waals surface area contributed by atoms with E-state index in [4.69, 9.17) is 9.84 Å². The third-order valence-corrected chi connectivity index (χ3v) is 3.21. The van der Waals surface area contributed by atoms with Crippen LogP contribution in [0.15, 0.2) is 46.9 Å². The van der Waals surface area contributed by atoms with Crippen molar-refractivity contribution in [2.24, 2.45) is 0 Å². The average molecular weight is 321 g/mol. The van der Waals surface area contributed by atoms with E-state index in [2.05, 4.69) is 15.9 Å². The van der Waals surface area contributed by atoms with E-state index in [0.717, 1.165) is 15.6 Å². The highest BCUT2D eigenvalue weighted by atomic mass is 79.9. The summed E-state index contributed by atoms with van der Waals surface area (Å²) >= 11 is 3.39. The fourth-order valence-electron chi connectivity index (χ4n) is 1.79.